The van der Waals surface area contributed by atoms with Crippen LogP contribution in [0.4, 0.5) is 4.39 Å². The van der Waals surface area contributed by atoms with Gasteiger partial charge in [-0.3, -0.25) is 4.99 Å². The number of nitrogens with zero attached hydrogens (tertiary/aromatic N) is 3. The van der Waals surface area contributed by atoms with Crippen molar-refractivity contribution in [1.29, 1.82) is 0 Å². The van der Waals surface area contributed by atoms with Crippen molar-refractivity contribution in [3.05, 3.63) is 28.5 Å². The number of hydrazone groups is 1. The quantitative estimate of drug-likeness (QED) is 0.610. The summed E-state index contributed by atoms with van der Waals surface area (Å²) >= 11 is 5.69. The van der Waals surface area contributed by atoms with Crippen LogP contribution in [-0.2, 0) is 0 Å². The molecule has 19 heavy (non-hydrogen) atoms. The normalized spacial score (nSPS) is 19.8. The summed E-state index contributed by atoms with van der Waals surface area (Å²) in [6, 6.07) is 2.65. The molecule has 1 atom stereocenters. The maximum Gasteiger partial charge on any atom is 0.211 e. The smallest absolute Gasteiger partial charge is 0.211 e. The molecule has 1 aliphatic heterocycles. The van der Waals surface area contributed by atoms with E-state index in [9.17, 15) is 9.50 Å². The van der Waals surface area contributed by atoms with Crippen LogP contribution in [0, 0.1) is 11.7 Å². The zero-order valence-corrected chi connectivity index (χ0v) is 11.3. The lowest BCUT2D eigenvalue weighted by Gasteiger charge is -2.11. The summed E-state index contributed by atoms with van der Waals surface area (Å²) in [7, 11) is 1.57. The Bertz CT molecular complexity index is 573. The number of phenolic OH excluding ortho intramolecular Hbond substituents is 1. The number of nitrogens with two attached hydrogens (primary N) is 1. The molecule has 0 bridgehead atoms. The Morgan fingerprint density at radius 2 is 2.32 bits per heavy atom. The Labute approximate surface area is 115 Å². The lowest BCUT2D eigenvalue weighted by molar-refractivity contribution is 0.450. The van der Waals surface area contributed by atoms with E-state index in [1.807, 2.05) is 6.92 Å². The van der Waals surface area contributed by atoms with E-state index in [-0.39, 0.29) is 22.6 Å². The number of aromatic hydroxyl groups is 1. The van der Waals surface area contributed by atoms with Gasteiger partial charge in [-0.15, -0.1) is 0 Å². The van der Waals surface area contributed by atoms with Crippen LogP contribution in [0.2, 0.25) is 5.02 Å². The molecule has 1 aliphatic rings. The largest absolute Gasteiger partial charge is 0.506 e. The summed E-state index contributed by atoms with van der Waals surface area (Å²) in [6.07, 6.45) is 0. The molecule has 1 aromatic rings. The van der Waals surface area contributed by atoms with Gasteiger partial charge in [0.15, 0.2) is 0 Å². The molecule has 0 aromatic heterocycles. The molecule has 0 saturated carbocycles. The summed E-state index contributed by atoms with van der Waals surface area (Å²) in [4.78, 5) is 3.85. The number of halogens is 2. The molecule has 7 heteroatoms. The van der Waals surface area contributed by atoms with Crippen molar-refractivity contribution < 1.29 is 9.50 Å². The Morgan fingerprint density at radius 3 is 2.95 bits per heavy atom. The molecule has 1 heterocycles. The fraction of sp³-hybridized carbons (Fsp3) is 0.333. The number of hydrogen-bond acceptors (Lipinski definition) is 3. The van der Waals surface area contributed by atoms with Crippen LogP contribution in [0.25, 0.3) is 0 Å². The molecule has 0 radical (unpaired) electrons. The van der Waals surface area contributed by atoms with Gasteiger partial charge in [-0.05, 0) is 12.1 Å². The van der Waals surface area contributed by atoms with Crippen LogP contribution >= 0.6 is 11.6 Å². The number of rotatable bonds is 1. The van der Waals surface area contributed by atoms with Gasteiger partial charge in [0.2, 0.25) is 5.96 Å². The zero-order valence-electron chi connectivity index (χ0n) is 10.6. The monoisotopic (exact) mass is 284 g/mol. The molecule has 102 valence electrons. The van der Waals surface area contributed by atoms with Crippen molar-refractivity contribution in [2.24, 2.45) is 21.7 Å². The first kappa shape index (κ1) is 13.6. The van der Waals surface area contributed by atoms with E-state index in [2.05, 4.69) is 10.1 Å². The molecule has 2 rings (SSSR count). The lowest BCUT2D eigenvalue weighted by atomic mass is 9.98. The van der Waals surface area contributed by atoms with Crippen LogP contribution in [0.5, 0.6) is 5.75 Å². The van der Waals surface area contributed by atoms with Gasteiger partial charge in [-0.2, -0.15) is 5.10 Å². The van der Waals surface area contributed by atoms with Crippen molar-refractivity contribution in [2.75, 3.05) is 13.6 Å². The third kappa shape index (κ3) is 2.35. The zero-order chi connectivity index (χ0) is 14.2. The first-order valence-electron chi connectivity index (χ1n) is 5.71. The molecule has 0 aliphatic carbocycles. The second-order valence-corrected chi connectivity index (χ2v) is 4.69. The highest BCUT2D eigenvalue weighted by molar-refractivity contribution is 6.33. The second kappa shape index (κ2) is 5.05. The number of guanidine groups is 1. The molecule has 0 amide bonds. The number of hydrogen-bond donors (Lipinski definition) is 2. The highest BCUT2D eigenvalue weighted by Gasteiger charge is 2.28. The van der Waals surface area contributed by atoms with Crippen molar-refractivity contribution in [1.82, 2.24) is 5.01 Å². The Morgan fingerprint density at radius 1 is 1.63 bits per heavy atom. The van der Waals surface area contributed by atoms with Crippen molar-refractivity contribution >= 4 is 23.3 Å². The Kier molecular flexibility index (Phi) is 3.61. The van der Waals surface area contributed by atoms with Crippen LogP contribution in [0.1, 0.15) is 12.5 Å². The molecule has 0 saturated heterocycles. The minimum atomic E-state index is -0.666. The first-order valence-corrected chi connectivity index (χ1v) is 6.09. The summed E-state index contributed by atoms with van der Waals surface area (Å²) in [6.45, 7) is 2.48. The number of aliphatic imine (C=N–C) groups is 1. The van der Waals surface area contributed by atoms with E-state index in [0.717, 1.165) is 0 Å². The van der Waals surface area contributed by atoms with Gasteiger partial charge in [0.25, 0.3) is 0 Å². The van der Waals surface area contributed by atoms with Crippen LogP contribution in [0.15, 0.2) is 22.2 Å². The third-order valence-corrected chi connectivity index (χ3v) is 3.34. The predicted octanol–water partition coefficient (Wildman–Crippen LogP) is 1.78. The molecular formula is C12H14ClFN4O. The standard InChI is InChI=1S/C12H14ClFN4O/c1-6-5-18(12(15)16-2)17-10(6)7-3-4-8(14)9(13)11(7)19/h3-4,6,19H,5H2,1-2H3,(H2,15,16). The van der Waals surface area contributed by atoms with E-state index < -0.39 is 5.82 Å². The second-order valence-electron chi connectivity index (χ2n) is 4.31. The van der Waals surface area contributed by atoms with Gasteiger partial charge in [0, 0.05) is 18.5 Å². The minimum absolute atomic E-state index is 0.0210. The van der Waals surface area contributed by atoms with E-state index in [1.165, 1.54) is 17.1 Å². The van der Waals surface area contributed by atoms with E-state index in [4.69, 9.17) is 17.3 Å². The lowest BCUT2D eigenvalue weighted by Crippen LogP contribution is -2.32. The van der Waals surface area contributed by atoms with E-state index >= 15 is 0 Å². The van der Waals surface area contributed by atoms with Crippen LogP contribution in [-0.4, -0.2) is 35.4 Å². The SMILES string of the molecule is CN=C(N)N1CC(C)C(c2ccc(F)c(Cl)c2O)=N1. The maximum absolute atomic E-state index is 13.2. The average Bonchev–Trinajstić information content (AvgIpc) is 2.77. The fourth-order valence-electron chi connectivity index (χ4n) is 1.94. The van der Waals surface area contributed by atoms with E-state index in [1.54, 1.807) is 7.05 Å². The molecule has 5 nitrogen and oxygen atoms in total. The maximum atomic E-state index is 13.2. The topological polar surface area (TPSA) is 74.2 Å². The average molecular weight is 285 g/mol. The molecule has 1 unspecified atom stereocenters. The fourth-order valence-corrected chi connectivity index (χ4v) is 2.11. The number of phenols is 1. The van der Waals surface area contributed by atoms with Crippen LogP contribution < -0.4 is 5.73 Å². The minimum Gasteiger partial charge on any atom is -0.506 e. The van der Waals surface area contributed by atoms with Crippen molar-refractivity contribution in [3.8, 4) is 5.75 Å². The third-order valence-electron chi connectivity index (χ3n) is 2.98. The van der Waals surface area contributed by atoms with Crippen LogP contribution in [0.3, 0.4) is 0 Å². The van der Waals surface area contributed by atoms with Crippen molar-refractivity contribution in [2.45, 2.75) is 6.92 Å². The highest BCUT2D eigenvalue weighted by Crippen LogP contribution is 2.33. The summed E-state index contributed by atoms with van der Waals surface area (Å²) < 4.78 is 13.2. The molecular weight excluding hydrogens is 271 g/mol. The van der Waals surface area contributed by atoms with E-state index in [0.29, 0.717) is 17.8 Å². The molecule has 1 aromatic carbocycles. The van der Waals surface area contributed by atoms with Gasteiger partial charge in [-0.1, -0.05) is 18.5 Å². The Balaban J connectivity index is 2.45. The summed E-state index contributed by atoms with van der Waals surface area (Å²) in [5.41, 5.74) is 6.70. The number of benzene rings is 1. The van der Waals surface area contributed by atoms with Gasteiger partial charge in [0.05, 0.1) is 12.3 Å². The van der Waals surface area contributed by atoms with Gasteiger partial charge < -0.3 is 10.8 Å². The summed E-state index contributed by atoms with van der Waals surface area (Å²) in [5, 5.41) is 15.4. The first-order chi connectivity index (χ1) is 8.95. The molecule has 0 spiro atoms. The molecule has 3 N–H and O–H groups in total. The van der Waals surface area contributed by atoms with Crippen molar-refractivity contribution in [3.63, 3.8) is 0 Å². The highest BCUT2D eigenvalue weighted by atomic mass is 35.5. The predicted molar refractivity (Wildman–Crippen MR) is 73.0 cm³/mol. The van der Waals surface area contributed by atoms with Gasteiger partial charge >= 0.3 is 0 Å². The van der Waals surface area contributed by atoms with Gasteiger partial charge in [0.1, 0.15) is 16.6 Å². The Hall–Kier alpha value is -1.82. The summed E-state index contributed by atoms with van der Waals surface area (Å²) in [5.74, 6) is -0.663. The van der Waals surface area contributed by atoms with Gasteiger partial charge in [-0.25, -0.2) is 9.40 Å². The molecule has 0 fully saturated rings.